The monoisotopic (exact) mass is 280 g/mol. The van der Waals surface area contributed by atoms with Crippen molar-refractivity contribution >= 4 is 11.3 Å². The van der Waals surface area contributed by atoms with Gasteiger partial charge in [-0.3, -0.25) is 0 Å². The molecule has 0 bridgehead atoms. The topological polar surface area (TPSA) is 29.5 Å². The third-order valence-electron chi connectivity index (χ3n) is 2.86. The van der Waals surface area contributed by atoms with Crippen molar-refractivity contribution in [2.45, 2.75) is 33.0 Å². The number of rotatable bonds is 5. The van der Waals surface area contributed by atoms with Gasteiger partial charge in [-0.1, -0.05) is 6.92 Å². The lowest BCUT2D eigenvalue weighted by Gasteiger charge is -2.12. The van der Waals surface area contributed by atoms with E-state index in [1.54, 1.807) is 24.3 Å². The Morgan fingerprint density at radius 1 is 1.26 bits per heavy atom. The van der Waals surface area contributed by atoms with Crippen LogP contribution in [0, 0.1) is 5.82 Å². The summed E-state index contributed by atoms with van der Waals surface area (Å²) in [6.07, 6.45) is 0.328. The van der Waals surface area contributed by atoms with Crippen LogP contribution in [0.5, 0.6) is 5.75 Å². The summed E-state index contributed by atoms with van der Waals surface area (Å²) in [5, 5.41) is 9.63. The first-order valence-electron chi connectivity index (χ1n) is 6.28. The Hall–Kier alpha value is -1.39. The van der Waals surface area contributed by atoms with Gasteiger partial charge in [0.25, 0.3) is 0 Å². The van der Waals surface area contributed by atoms with Gasteiger partial charge in [-0.2, -0.15) is 0 Å². The summed E-state index contributed by atoms with van der Waals surface area (Å²) in [4.78, 5) is 2.39. The van der Waals surface area contributed by atoms with Gasteiger partial charge in [0.2, 0.25) is 0 Å². The number of hydrogen-bond donors (Lipinski definition) is 1. The molecule has 0 spiro atoms. The lowest BCUT2D eigenvalue weighted by atomic mass is 10.1. The molecule has 1 unspecified atom stereocenters. The summed E-state index contributed by atoms with van der Waals surface area (Å²) in [6, 6.07) is 8.29. The smallest absolute Gasteiger partial charge is 0.128 e. The predicted octanol–water partition coefficient (Wildman–Crippen LogP) is 4.08. The number of hydrogen-bond acceptors (Lipinski definition) is 3. The second-order valence-electron chi connectivity index (χ2n) is 4.37. The fourth-order valence-electron chi connectivity index (χ4n) is 1.82. The van der Waals surface area contributed by atoms with E-state index in [1.807, 2.05) is 6.07 Å². The maximum Gasteiger partial charge on any atom is 0.128 e. The summed E-state index contributed by atoms with van der Waals surface area (Å²) in [7, 11) is 0. The first kappa shape index (κ1) is 14.0. The van der Waals surface area contributed by atoms with Crippen molar-refractivity contribution in [2.24, 2.45) is 0 Å². The Morgan fingerprint density at radius 2 is 2.00 bits per heavy atom. The van der Waals surface area contributed by atoms with Crippen LogP contribution in [0.1, 0.15) is 35.3 Å². The van der Waals surface area contributed by atoms with Crippen LogP contribution in [0.4, 0.5) is 4.39 Å². The number of ether oxygens (including phenoxy) is 1. The van der Waals surface area contributed by atoms with Crippen molar-refractivity contribution in [1.29, 1.82) is 0 Å². The van der Waals surface area contributed by atoms with Gasteiger partial charge in [0, 0.05) is 21.4 Å². The van der Waals surface area contributed by atoms with Crippen LogP contribution in [-0.2, 0) is 13.0 Å². The summed E-state index contributed by atoms with van der Waals surface area (Å²) < 4.78 is 18.9. The number of aliphatic hydroxyl groups is 1. The molecule has 4 heteroatoms. The van der Waals surface area contributed by atoms with Crippen molar-refractivity contribution in [3.8, 4) is 5.75 Å². The van der Waals surface area contributed by atoms with E-state index in [1.165, 1.54) is 17.0 Å². The molecule has 0 aliphatic carbocycles. The Balaban J connectivity index is 2.12. The number of aliphatic hydroxyl groups excluding tert-OH is 1. The molecule has 2 nitrogen and oxygen atoms in total. The van der Waals surface area contributed by atoms with Gasteiger partial charge in [-0.05, 0) is 37.6 Å². The number of halogens is 1. The van der Waals surface area contributed by atoms with Crippen LogP contribution in [0.15, 0.2) is 30.3 Å². The second-order valence-corrected chi connectivity index (χ2v) is 5.62. The fourth-order valence-corrected chi connectivity index (χ4v) is 2.69. The van der Waals surface area contributed by atoms with Crippen molar-refractivity contribution in [2.75, 3.05) is 0 Å². The van der Waals surface area contributed by atoms with E-state index < -0.39 is 6.10 Å². The van der Waals surface area contributed by atoms with E-state index in [2.05, 4.69) is 13.0 Å². The molecule has 0 saturated carbocycles. The van der Waals surface area contributed by atoms with E-state index in [-0.39, 0.29) is 5.82 Å². The second kappa shape index (κ2) is 6.17. The first-order chi connectivity index (χ1) is 9.10. The molecule has 1 aromatic carbocycles. The highest BCUT2D eigenvalue weighted by atomic mass is 32.1. The predicted molar refractivity (Wildman–Crippen MR) is 75.1 cm³/mol. The Labute approximate surface area is 116 Å². The zero-order valence-corrected chi connectivity index (χ0v) is 11.8. The Morgan fingerprint density at radius 3 is 2.63 bits per heavy atom. The molecule has 0 amide bonds. The van der Waals surface area contributed by atoms with Gasteiger partial charge in [0.05, 0.1) is 6.10 Å². The molecule has 1 atom stereocenters. The van der Waals surface area contributed by atoms with Crippen LogP contribution in [0.25, 0.3) is 0 Å². The van der Waals surface area contributed by atoms with Crippen LogP contribution >= 0.6 is 11.3 Å². The molecule has 0 radical (unpaired) electrons. The standard InChI is InChI=1S/C15H17FO2S/c1-3-12-5-6-13(19-12)9-18-15-8-11(16)4-7-14(15)10(2)17/h4-8,10,17H,3,9H2,1-2H3. The summed E-state index contributed by atoms with van der Waals surface area (Å²) in [5.74, 6) is 0.0428. The summed E-state index contributed by atoms with van der Waals surface area (Å²) in [6.45, 7) is 4.14. The van der Waals surface area contributed by atoms with E-state index in [0.717, 1.165) is 11.3 Å². The van der Waals surface area contributed by atoms with Crippen molar-refractivity contribution in [3.63, 3.8) is 0 Å². The average Bonchev–Trinajstić information content (AvgIpc) is 2.84. The van der Waals surface area contributed by atoms with Crippen molar-refractivity contribution < 1.29 is 14.2 Å². The molecule has 19 heavy (non-hydrogen) atoms. The summed E-state index contributed by atoms with van der Waals surface area (Å²) >= 11 is 1.69. The number of thiophene rings is 1. The molecule has 0 fully saturated rings. The molecule has 1 aromatic heterocycles. The maximum atomic E-state index is 13.2. The third kappa shape index (κ3) is 3.55. The Bertz CT molecular complexity index is 549. The van der Waals surface area contributed by atoms with Crippen molar-refractivity contribution in [3.05, 3.63) is 51.5 Å². The molecule has 2 aromatic rings. The molecular formula is C15H17FO2S. The molecule has 102 valence electrons. The number of benzene rings is 1. The zero-order valence-electron chi connectivity index (χ0n) is 11.0. The number of aryl methyl sites for hydroxylation is 1. The lowest BCUT2D eigenvalue weighted by molar-refractivity contribution is 0.190. The van der Waals surface area contributed by atoms with Gasteiger partial charge in [0.15, 0.2) is 0 Å². The molecule has 0 aliphatic rings. The molecule has 0 aliphatic heterocycles. The van der Waals surface area contributed by atoms with E-state index >= 15 is 0 Å². The van der Waals surface area contributed by atoms with Gasteiger partial charge >= 0.3 is 0 Å². The highest BCUT2D eigenvalue weighted by molar-refractivity contribution is 7.11. The fraction of sp³-hybridized carbons (Fsp3) is 0.333. The summed E-state index contributed by atoms with van der Waals surface area (Å²) in [5.41, 5.74) is 0.605. The Kier molecular flexibility index (Phi) is 4.56. The molecule has 1 heterocycles. The van der Waals surface area contributed by atoms with Crippen LogP contribution in [0.2, 0.25) is 0 Å². The molecule has 0 saturated heterocycles. The van der Waals surface area contributed by atoms with E-state index in [4.69, 9.17) is 4.74 Å². The largest absolute Gasteiger partial charge is 0.488 e. The van der Waals surface area contributed by atoms with Crippen molar-refractivity contribution in [1.82, 2.24) is 0 Å². The molecule has 2 rings (SSSR count). The SMILES string of the molecule is CCc1ccc(COc2cc(F)ccc2C(C)O)s1. The zero-order chi connectivity index (χ0) is 13.8. The highest BCUT2D eigenvalue weighted by Crippen LogP contribution is 2.27. The van der Waals surface area contributed by atoms with Gasteiger partial charge in [-0.25, -0.2) is 4.39 Å². The lowest BCUT2D eigenvalue weighted by Crippen LogP contribution is -2.00. The normalized spacial score (nSPS) is 12.4. The van der Waals surface area contributed by atoms with E-state index in [9.17, 15) is 9.50 Å². The maximum absolute atomic E-state index is 13.2. The van der Waals surface area contributed by atoms with Gasteiger partial charge < -0.3 is 9.84 Å². The van der Waals surface area contributed by atoms with Gasteiger partial charge in [-0.15, -0.1) is 11.3 Å². The molecular weight excluding hydrogens is 263 g/mol. The van der Waals surface area contributed by atoms with Crippen LogP contribution < -0.4 is 4.74 Å². The van der Waals surface area contributed by atoms with Crippen LogP contribution in [-0.4, -0.2) is 5.11 Å². The van der Waals surface area contributed by atoms with Crippen LogP contribution in [0.3, 0.4) is 0 Å². The third-order valence-corrected chi connectivity index (χ3v) is 4.06. The minimum Gasteiger partial charge on any atom is -0.488 e. The minimum absolute atomic E-state index is 0.361. The highest BCUT2D eigenvalue weighted by Gasteiger charge is 2.11. The quantitative estimate of drug-likeness (QED) is 0.894. The first-order valence-corrected chi connectivity index (χ1v) is 7.09. The van der Waals surface area contributed by atoms with E-state index in [0.29, 0.717) is 17.9 Å². The van der Waals surface area contributed by atoms with Gasteiger partial charge in [0.1, 0.15) is 18.2 Å². The minimum atomic E-state index is -0.676. The molecule has 1 N–H and O–H groups in total. The average molecular weight is 280 g/mol.